The molecule has 1 heterocycles. The predicted molar refractivity (Wildman–Crippen MR) is 79.8 cm³/mol. The van der Waals surface area contributed by atoms with Gasteiger partial charge in [0.2, 0.25) is 5.16 Å². The summed E-state index contributed by atoms with van der Waals surface area (Å²) in [5.74, 6) is 1.90. The van der Waals surface area contributed by atoms with Crippen molar-refractivity contribution in [1.29, 1.82) is 0 Å². The summed E-state index contributed by atoms with van der Waals surface area (Å²) in [6.45, 7) is 2.21. The first kappa shape index (κ1) is 13.6. The molecule has 0 aliphatic carbocycles. The zero-order chi connectivity index (χ0) is 12.8. The van der Waals surface area contributed by atoms with Gasteiger partial charge in [0.15, 0.2) is 5.82 Å². The van der Waals surface area contributed by atoms with Crippen LogP contribution in [0.4, 0.5) is 0 Å². The molecule has 0 saturated carbocycles. The molecule has 96 valence electrons. The van der Waals surface area contributed by atoms with Gasteiger partial charge in [0.05, 0.1) is 0 Å². The molecule has 0 aliphatic rings. The maximum atomic E-state index is 4.51. The molecule has 2 rings (SSSR count). The molecule has 1 aromatic carbocycles. The summed E-state index contributed by atoms with van der Waals surface area (Å²) in [7, 11) is 0. The molecule has 0 spiro atoms. The van der Waals surface area contributed by atoms with Gasteiger partial charge in [-0.3, -0.25) is 5.10 Å². The Morgan fingerprint density at radius 3 is 2.89 bits per heavy atom. The van der Waals surface area contributed by atoms with Gasteiger partial charge in [-0.05, 0) is 12.5 Å². The highest BCUT2D eigenvalue weighted by Gasteiger charge is 2.08. The summed E-state index contributed by atoms with van der Waals surface area (Å²) < 4.78 is 1.03. The van der Waals surface area contributed by atoms with E-state index in [1.165, 1.54) is 19.3 Å². The van der Waals surface area contributed by atoms with Crippen molar-refractivity contribution in [2.45, 2.75) is 31.3 Å². The number of nitrogens with zero attached hydrogens (tertiary/aromatic N) is 2. The second kappa shape index (κ2) is 6.95. The van der Waals surface area contributed by atoms with Gasteiger partial charge in [-0.2, -0.15) is 0 Å². The van der Waals surface area contributed by atoms with Crippen molar-refractivity contribution in [2.24, 2.45) is 0 Å². The number of benzene rings is 1. The maximum absolute atomic E-state index is 4.51. The molecular formula is C13H16BrN3S. The number of aromatic amines is 1. The number of halogens is 1. The topological polar surface area (TPSA) is 41.6 Å². The van der Waals surface area contributed by atoms with Gasteiger partial charge in [0.25, 0.3) is 0 Å². The fraction of sp³-hybridized carbons (Fsp3) is 0.385. The predicted octanol–water partition coefficient (Wildman–Crippen LogP) is 4.52. The molecule has 1 aromatic heterocycles. The quantitative estimate of drug-likeness (QED) is 0.627. The van der Waals surface area contributed by atoms with Gasteiger partial charge in [-0.1, -0.05) is 65.7 Å². The molecule has 0 fully saturated rings. The average molecular weight is 326 g/mol. The van der Waals surface area contributed by atoms with E-state index in [0.717, 1.165) is 26.8 Å². The zero-order valence-corrected chi connectivity index (χ0v) is 12.7. The summed E-state index contributed by atoms with van der Waals surface area (Å²) in [6.07, 6.45) is 3.74. The Kier molecular flexibility index (Phi) is 5.26. The van der Waals surface area contributed by atoms with Crippen LogP contribution < -0.4 is 0 Å². The first-order valence-electron chi connectivity index (χ1n) is 6.11. The van der Waals surface area contributed by atoms with Gasteiger partial charge in [0, 0.05) is 15.8 Å². The van der Waals surface area contributed by atoms with E-state index in [4.69, 9.17) is 0 Å². The van der Waals surface area contributed by atoms with E-state index in [2.05, 4.69) is 38.0 Å². The number of H-pyrrole nitrogens is 1. The third kappa shape index (κ3) is 3.59. The Morgan fingerprint density at radius 1 is 1.28 bits per heavy atom. The minimum atomic E-state index is 0.820. The molecule has 0 radical (unpaired) electrons. The fourth-order valence-electron chi connectivity index (χ4n) is 1.60. The van der Waals surface area contributed by atoms with Gasteiger partial charge >= 0.3 is 0 Å². The van der Waals surface area contributed by atoms with E-state index in [0.29, 0.717) is 0 Å². The summed E-state index contributed by atoms with van der Waals surface area (Å²) in [5, 5.41) is 8.06. The lowest BCUT2D eigenvalue weighted by Crippen LogP contribution is -1.83. The second-order valence-electron chi connectivity index (χ2n) is 4.00. The van der Waals surface area contributed by atoms with Gasteiger partial charge < -0.3 is 0 Å². The van der Waals surface area contributed by atoms with Crippen LogP contribution in [0.1, 0.15) is 26.2 Å². The standard InChI is InChI=1S/C13H16BrN3S/c1-2-3-6-9-18-13-15-12(16-17-13)10-7-4-5-8-11(10)14/h4-5,7-8H,2-3,6,9H2,1H3,(H,15,16,17). The van der Waals surface area contributed by atoms with Crippen molar-refractivity contribution >= 4 is 27.7 Å². The Bertz CT molecular complexity index is 498. The Labute approximate surface area is 120 Å². The highest BCUT2D eigenvalue weighted by atomic mass is 79.9. The highest BCUT2D eigenvalue weighted by molar-refractivity contribution is 9.10. The molecule has 1 N–H and O–H groups in total. The minimum absolute atomic E-state index is 0.820. The molecule has 5 heteroatoms. The molecule has 0 unspecified atom stereocenters. The van der Waals surface area contributed by atoms with Crippen LogP contribution in [0.5, 0.6) is 0 Å². The summed E-state index contributed by atoms with van der Waals surface area (Å²) in [4.78, 5) is 4.51. The minimum Gasteiger partial charge on any atom is -0.258 e. The van der Waals surface area contributed by atoms with Crippen LogP contribution in [0.3, 0.4) is 0 Å². The molecule has 0 saturated heterocycles. The van der Waals surface area contributed by atoms with E-state index in [-0.39, 0.29) is 0 Å². The van der Waals surface area contributed by atoms with Crippen molar-refractivity contribution in [1.82, 2.24) is 15.2 Å². The fourth-order valence-corrected chi connectivity index (χ4v) is 2.87. The van der Waals surface area contributed by atoms with E-state index < -0.39 is 0 Å². The lowest BCUT2D eigenvalue weighted by atomic mass is 10.2. The lowest BCUT2D eigenvalue weighted by molar-refractivity contribution is 0.777. The van der Waals surface area contributed by atoms with E-state index in [1.807, 2.05) is 24.3 Å². The SMILES string of the molecule is CCCCCSc1n[nH]c(-c2ccccc2Br)n1. The number of thioether (sulfide) groups is 1. The molecular weight excluding hydrogens is 310 g/mol. The van der Waals surface area contributed by atoms with Crippen LogP contribution in [0.2, 0.25) is 0 Å². The molecule has 18 heavy (non-hydrogen) atoms. The smallest absolute Gasteiger partial charge is 0.208 e. The summed E-state index contributed by atoms with van der Waals surface area (Å²) in [6, 6.07) is 8.02. The number of rotatable bonds is 6. The highest BCUT2D eigenvalue weighted by Crippen LogP contribution is 2.26. The normalized spacial score (nSPS) is 10.8. The number of hydrogen-bond donors (Lipinski definition) is 1. The average Bonchev–Trinajstić information content (AvgIpc) is 2.84. The lowest BCUT2D eigenvalue weighted by Gasteiger charge is -1.98. The van der Waals surface area contributed by atoms with Gasteiger partial charge in [0.1, 0.15) is 0 Å². The zero-order valence-electron chi connectivity index (χ0n) is 10.3. The summed E-state index contributed by atoms with van der Waals surface area (Å²) >= 11 is 5.23. The Morgan fingerprint density at radius 2 is 2.11 bits per heavy atom. The Balaban J connectivity index is 2.00. The van der Waals surface area contributed by atoms with Crippen LogP contribution in [-0.4, -0.2) is 20.9 Å². The third-order valence-electron chi connectivity index (χ3n) is 2.57. The number of aromatic nitrogens is 3. The third-order valence-corrected chi connectivity index (χ3v) is 4.20. The van der Waals surface area contributed by atoms with Gasteiger partial charge in [-0.25, -0.2) is 4.98 Å². The van der Waals surface area contributed by atoms with Crippen molar-refractivity contribution < 1.29 is 0 Å². The summed E-state index contributed by atoms with van der Waals surface area (Å²) in [5.41, 5.74) is 1.05. The van der Waals surface area contributed by atoms with Crippen LogP contribution in [0.25, 0.3) is 11.4 Å². The molecule has 0 amide bonds. The first-order valence-corrected chi connectivity index (χ1v) is 7.89. The molecule has 0 bridgehead atoms. The monoisotopic (exact) mass is 325 g/mol. The van der Waals surface area contributed by atoms with Crippen LogP contribution in [0, 0.1) is 0 Å². The van der Waals surface area contributed by atoms with E-state index in [9.17, 15) is 0 Å². The largest absolute Gasteiger partial charge is 0.258 e. The maximum Gasteiger partial charge on any atom is 0.208 e. The van der Waals surface area contributed by atoms with E-state index >= 15 is 0 Å². The van der Waals surface area contributed by atoms with Crippen LogP contribution in [0.15, 0.2) is 33.9 Å². The van der Waals surface area contributed by atoms with Crippen LogP contribution in [-0.2, 0) is 0 Å². The first-order chi connectivity index (χ1) is 8.81. The number of unbranched alkanes of at least 4 members (excludes halogenated alkanes) is 2. The van der Waals surface area contributed by atoms with Crippen molar-refractivity contribution in [3.05, 3.63) is 28.7 Å². The van der Waals surface area contributed by atoms with Crippen molar-refractivity contribution in [2.75, 3.05) is 5.75 Å². The number of hydrogen-bond acceptors (Lipinski definition) is 3. The molecule has 2 aromatic rings. The Hall–Kier alpha value is -0.810. The molecule has 0 aliphatic heterocycles. The van der Waals surface area contributed by atoms with Crippen LogP contribution >= 0.6 is 27.7 Å². The second-order valence-corrected chi connectivity index (χ2v) is 5.92. The molecule has 0 atom stereocenters. The van der Waals surface area contributed by atoms with Crippen molar-refractivity contribution in [3.63, 3.8) is 0 Å². The van der Waals surface area contributed by atoms with Crippen molar-refractivity contribution in [3.8, 4) is 11.4 Å². The number of nitrogens with one attached hydrogen (secondary N) is 1. The molecule has 3 nitrogen and oxygen atoms in total. The van der Waals surface area contributed by atoms with E-state index in [1.54, 1.807) is 11.8 Å². The van der Waals surface area contributed by atoms with Gasteiger partial charge in [-0.15, -0.1) is 5.10 Å².